The third-order valence-corrected chi connectivity index (χ3v) is 3.36. The average molecular weight is 271 g/mol. The molecule has 3 aromatic rings. The molecule has 0 radical (unpaired) electrons. The Morgan fingerprint density at radius 3 is 2.29 bits per heavy atom. The van der Waals surface area contributed by atoms with Crippen molar-refractivity contribution in [2.24, 2.45) is 4.99 Å². The van der Waals surface area contributed by atoms with Crippen molar-refractivity contribution in [1.29, 1.82) is 0 Å². The lowest BCUT2D eigenvalue weighted by Gasteiger charge is -2.02. The highest BCUT2D eigenvalue weighted by Gasteiger charge is 1.97. The number of aliphatic imine (C=N–C) groups is 1. The van der Waals surface area contributed by atoms with E-state index in [1.54, 1.807) is 0 Å². The minimum Gasteiger partial charge on any atom is -0.256 e. The van der Waals surface area contributed by atoms with Crippen LogP contribution in [-0.4, -0.2) is 6.21 Å². The molecule has 21 heavy (non-hydrogen) atoms. The molecule has 3 rings (SSSR count). The van der Waals surface area contributed by atoms with Crippen molar-refractivity contribution >= 4 is 11.9 Å². The summed E-state index contributed by atoms with van der Waals surface area (Å²) in [4.78, 5) is 4.55. The van der Waals surface area contributed by atoms with Gasteiger partial charge in [0.2, 0.25) is 0 Å². The van der Waals surface area contributed by atoms with Gasteiger partial charge >= 0.3 is 0 Å². The average Bonchev–Trinajstić information content (AvgIpc) is 2.54. The molecule has 0 aliphatic heterocycles. The van der Waals surface area contributed by atoms with Crippen LogP contribution in [0.25, 0.3) is 11.1 Å². The van der Waals surface area contributed by atoms with Crippen molar-refractivity contribution in [2.45, 2.75) is 6.92 Å². The van der Waals surface area contributed by atoms with Gasteiger partial charge in [-0.3, -0.25) is 4.99 Å². The summed E-state index contributed by atoms with van der Waals surface area (Å²) < 4.78 is 0. The molecule has 0 aliphatic rings. The Kier molecular flexibility index (Phi) is 3.92. The van der Waals surface area contributed by atoms with Crippen molar-refractivity contribution < 1.29 is 0 Å². The number of aryl methyl sites for hydroxylation is 1. The smallest absolute Gasteiger partial charge is 0.0632 e. The second-order valence-corrected chi connectivity index (χ2v) is 5.09. The summed E-state index contributed by atoms with van der Waals surface area (Å²) in [6.07, 6.45) is 1.92. The first-order valence-electron chi connectivity index (χ1n) is 7.07. The molecule has 0 spiro atoms. The van der Waals surface area contributed by atoms with E-state index in [-0.39, 0.29) is 0 Å². The maximum absolute atomic E-state index is 4.55. The van der Waals surface area contributed by atoms with Gasteiger partial charge in [0.15, 0.2) is 0 Å². The molecule has 0 amide bonds. The van der Waals surface area contributed by atoms with E-state index in [2.05, 4.69) is 72.6 Å². The summed E-state index contributed by atoms with van der Waals surface area (Å²) in [5.74, 6) is 0. The summed E-state index contributed by atoms with van der Waals surface area (Å²) in [7, 11) is 0. The Morgan fingerprint density at radius 1 is 0.714 bits per heavy atom. The summed E-state index contributed by atoms with van der Waals surface area (Å²) >= 11 is 0. The zero-order chi connectivity index (χ0) is 14.5. The molecular weight excluding hydrogens is 254 g/mol. The largest absolute Gasteiger partial charge is 0.256 e. The predicted molar refractivity (Wildman–Crippen MR) is 90.3 cm³/mol. The number of benzene rings is 3. The molecule has 3 aromatic carbocycles. The van der Waals surface area contributed by atoms with Gasteiger partial charge in [-0.1, -0.05) is 60.7 Å². The minimum absolute atomic E-state index is 0.986. The van der Waals surface area contributed by atoms with Crippen LogP contribution >= 0.6 is 0 Å². The van der Waals surface area contributed by atoms with E-state index in [9.17, 15) is 0 Å². The zero-order valence-corrected chi connectivity index (χ0v) is 12.0. The number of rotatable bonds is 3. The first-order chi connectivity index (χ1) is 10.3. The van der Waals surface area contributed by atoms with E-state index in [0.717, 1.165) is 11.3 Å². The summed E-state index contributed by atoms with van der Waals surface area (Å²) in [6, 6.07) is 27.0. The Balaban J connectivity index is 1.87. The molecule has 0 saturated heterocycles. The van der Waals surface area contributed by atoms with Crippen LogP contribution in [0.1, 0.15) is 11.1 Å². The van der Waals surface area contributed by atoms with Gasteiger partial charge in [-0.25, -0.2) is 0 Å². The van der Waals surface area contributed by atoms with Gasteiger partial charge in [0, 0.05) is 6.21 Å². The molecule has 0 aromatic heterocycles. The van der Waals surface area contributed by atoms with Crippen molar-refractivity contribution in [2.75, 3.05) is 0 Å². The Labute approximate surface area is 125 Å². The minimum atomic E-state index is 0.986. The van der Waals surface area contributed by atoms with E-state index in [0.29, 0.717) is 0 Å². The Morgan fingerprint density at radius 2 is 1.48 bits per heavy atom. The van der Waals surface area contributed by atoms with E-state index in [1.165, 1.54) is 16.7 Å². The van der Waals surface area contributed by atoms with Gasteiger partial charge in [0.1, 0.15) is 0 Å². The van der Waals surface area contributed by atoms with Crippen LogP contribution < -0.4 is 0 Å². The lowest BCUT2D eigenvalue weighted by molar-refractivity contribution is 1.43. The monoisotopic (exact) mass is 271 g/mol. The molecule has 0 unspecified atom stereocenters. The molecule has 0 fully saturated rings. The second kappa shape index (κ2) is 6.19. The van der Waals surface area contributed by atoms with Crippen LogP contribution in [0.5, 0.6) is 0 Å². The van der Waals surface area contributed by atoms with Crippen molar-refractivity contribution in [3.63, 3.8) is 0 Å². The molecule has 1 heteroatoms. The van der Waals surface area contributed by atoms with Gasteiger partial charge in [0.25, 0.3) is 0 Å². The fourth-order valence-corrected chi connectivity index (χ4v) is 2.29. The van der Waals surface area contributed by atoms with Gasteiger partial charge < -0.3 is 0 Å². The molecule has 0 N–H and O–H groups in total. The number of hydrogen-bond donors (Lipinski definition) is 0. The standard InChI is InChI=1S/C20H17N/c1-16-7-5-12-20(13-16)21-15-17-8-6-11-19(14-17)18-9-3-2-4-10-18/h2-15H,1H3. The molecular formula is C20H17N. The van der Waals surface area contributed by atoms with Crippen LogP contribution in [0.15, 0.2) is 83.9 Å². The van der Waals surface area contributed by atoms with Crippen molar-refractivity contribution in [3.8, 4) is 11.1 Å². The molecule has 0 heterocycles. The first-order valence-corrected chi connectivity index (χ1v) is 7.07. The molecule has 0 bridgehead atoms. The molecule has 0 atom stereocenters. The van der Waals surface area contributed by atoms with Crippen LogP contribution in [0.4, 0.5) is 5.69 Å². The SMILES string of the molecule is Cc1cccc(N=Cc2cccc(-c3ccccc3)c2)c1. The lowest BCUT2D eigenvalue weighted by Crippen LogP contribution is -1.83. The summed E-state index contributed by atoms with van der Waals surface area (Å²) in [5.41, 5.74) is 5.76. The highest BCUT2D eigenvalue weighted by atomic mass is 14.7. The molecule has 0 saturated carbocycles. The fraction of sp³-hybridized carbons (Fsp3) is 0.0500. The third-order valence-electron chi connectivity index (χ3n) is 3.36. The lowest BCUT2D eigenvalue weighted by atomic mass is 10.0. The number of hydrogen-bond acceptors (Lipinski definition) is 1. The van der Waals surface area contributed by atoms with Gasteiger partial charge in [-0.2, -0.15) is 0 Å². The highest BCUT2D eigenvalue weighted by molar-refractivity contribution is 5.84. The van der Waals surface area contributed by atoms with E-state index < -0.39 is 0 Å². The predicted octanol–water partition coefficient (Wildman–Crippen LogP) is 5.41. The quantitative estimate of drug-likeness (QED) is 0.564. The van der Waals surface area contributed by atoms with E-state index >= 15 is 0 Å². The zero-order valence-electron chi connectivity index (χ0n) is 12.0. The van der Waals surface area contributed by atoms with Crippen LogP contribution in [0, 0.1) is 6.92 Å². The fourth-order valence-electron chi connectivity index (χ4n) is 2.29. The maximum Gasteiger partial charge on any atom is 0.0632 e. The molecule has 0 aliphatic carbocycles. The van der Waals surface area contributed by atoms with Crippen LogP contribution in [0.3, 0.4) is 0 Å². The van der Waals surface area contributed by atoms with Crippen LogP contribution in [0.2, 0.25) is 0 Å². The summed E-state index contributed by atoms with van der Waals surface area (Å²) in [6.45, 7) is 2.08. The van der Waals surface area contributed by atoms with Gasteiger partial charge in [-0.15, -0.1) is 0 Å². The van der Waals surface area contributed by atoms with E-state index in [4.69, 9.17) is 0 Å². The number of nitrogens with zero attached hydrogens (tertiary/aromatic N) is 1. The third kappa shape index (κ3) is 3.46. The highest BCUT2D eigenvalue weighted by Crippen LogP contribution is 2.20. The normalized spacial score (nSPS) is 10.9. The Hall–Kier alpha value is -2.67. The van der Waals surface area contributed by atoms with Gasteiger partial charge in [-0.05, 0) is 47.4 Å². The van der Waals surface area contributed by atoms with Crippen LogP contribution in [-0.2, 0) is 0 Å². The first kappa shape index (κ1) is 13.3. The van der Waals surface area contributed by atoms with Crippen molar-refractivity contribution in [1.82, 2.24) is 0 Å². The molecule has 102 valence electrons. The molecule has 1 nitrogen and oxygen atoms in total. The maximum atomic E-state index is 4.55. The Bertz CT molecular complexity index is 758. The second-order valence-electron chi connectivity index (χ2n) is 5.09. The van der Waals surface area contributed by atoms with Crippen molar-refractivity contribution in [3.05, 3.63) is 90.0 Å². The van der Waals surface area contributed by atoms with Gasteiger partial charge in [0.05, 0.1) is 5.69 Å². The van der Waals surface area contributed by atoms with E-state index in [1.807, 2.05) is 24.4 Å². The topological polar surface area (TPSA) is 12.4 Å². The summed E-state index contributed by atoms with van der Waals surface area (Å²) in [5, 5.41) is 0.